The molecule has 8 aromatic carbocycles. The van der Waals surface area contributed by atoms with Crippen molar-refractivity contribution in [3.8, 4) is 23.0 Å². The SMILES string of the molecule is COc1ccc(CC(CC(=O)Cn2ccnn2)C(=O)NC(Cc2ccccc2)C(=O)C2(C)CO2)cc1.COc1ccc(CC(NC(=O)C2(CO)CCCN2)C(=O)NC(Cc2ccccc2)C(=O)C2(C)CO2)cc1.COc1ccc(CC(NC(=O)C2CC(=O)N2)C(=O)NC(Cc2ccccc2)C(=O)C2(C)CO2)cc1.COc1ccc(CC(NC(=O)c2ccnc(N3CCOCC3)n2)C(=O)NC(Cc2ccccc2)C(=O)C2(C)CO2)cc1. The number of morpholine rings is 1. The molecule has 38 nitrogen and oxygen atoms in total. The highest BCUT2D eigenvalue weighted by Gasteiger charge is 2.54. The lowest BCUT2D eigenvalue weighted by atomic mass is 9.91. The van der Waals surface area contributed by atoms with Gasteiger partial charge >= 0.3 is 0 Å². The molecule has 2 aromatic heterocycles. The van der Waals surface area contributed by atoms with Crippen molar-refractivity contribution >= 4 is 82.1 Å². The van der Waals surface area contributed by atoms with Gasteiger partial charge in [-0.05, 0) is 178 Å². The van der Waals surface area contributed by atoms with Gasteiger partial charge in [-0.15, -0.1) is 5.10 Å². The summed E-state index contributed by atoms with van der Waals surface area (Å²) in [6, 6.07) is 61.5. The van der Waals surface area contributed by atoms with E-state index in [1.54, 1.807) is 98.7 Å². The zero-order valence-electron chi connectivity index (χ0n) is 85.2. The number of hydrogen-bond acceptors (Lipinski definition) is 29. The summed E-state index contributed by atoms with van der Waals surface area (Å²) in [5, 5.41) is 43.1. The van der Waals surface area contributed by atoms with Crippen LogP contribution in [-0.4, -0.2) is 277 Å². The summed E-state index contributed by atoms with van der Waals surface area (Å²) in [6.45, 7) is 10.7. The first-order chi connectivity index (χ1) is 72.3. The number of ketones is 5. The number of amides is 8. The molecule has 38 heteroatoms. The number of hydrogen-bond donors (Lipinski definition) is 10. The van der Waals surface area contributed by atoms with E-state index in [0.29, 0.717) is 127 Å². The van der Waals surface area contributed by atoms with Crippen molar-refractivity contribution in [1.29, 1.82) is 0 Å². The second-order valence-electron chi connectivity index (χ2n) is 38.8. The number of Topliss-reactive ketones (excluding diaryl/α,β-unsaturated/α-hetero) is 5. The normalized spacial score (nSPS) is 20.9. The maximum Gasteiger partial charge on any atom is 0.270 e. The molecule has 14 unspecified atom stereocenters. The molecule has 0 bridgehead atoms. The molecular formula is C112H129N15O23. The highest BCUT2D eigenvalue weighted by molar-refractivity contribution is 6.03. The average molecular weight is 2050 g/mol. The summed E-state index contributed by atoms with van der Waals surface area (Å²) < 4.78 is 49.2. The van der Waals surface area contributed by atoms with Crippen molar-refractivity contribution in [2.75, 3.05) is 99.2 Å². The molecule has 7 aliphatic rings. The highest BCUT2D eigenvalue weighted by atomic mass is 16.6. The Hall–Kier alpha value is -15.2. The molecule has 0 radical (unpaired) electrons. The summed E-state index contributed by atoms with van der Waals surface area (Å²) in [4.78, 5) is 182. The maximum absolute atomic E-state index is 13.8. The van der Waals surface area contributed by atoms with E-state index in [1.165, 1.54) is 23.1 Å². The second-order valence-corrected chi connectivity index (χ2v) is 38.8. The van der Waals surface area contributed by atoms with Gasteiger partial charge in [-0.3, -0.25) is 62.3 Å². The molecule has 7 aliphatic heterocycles. The van der Waals surface area contributed by atoms with E-state index in [4.69, 9.17) is 42.6 Å². The number of nitrogens with zero attached hydrogens (tertiary/aromatic N) is 6. The third-order valence-electron chi connectivity index (χ3n) is 27.2. The van der Waals surface area contributed by atoms with E-state index < -0.39 is 118 Å². The predicted octanol–water partition coefficient (Wildman–Crippen LogP) is 5.56. The molecule has 790 valence electrons. The van der Waals surface area contributed by atoms with Crippen LogP contribution < -0.4 is 71.7 Å². The van der Waals surface area contributed by atoms with Crippen LogP contribution in [0.15, 0.2) is 243 Å². The van der Waals surface area contributed by atoms with Crippen LogP contribution in [0.2, 0.25) is 0 Å². The van der Waals surface area contributed by atoms with Gasteiger partial charge in [0.2, 0.25) is 47.3 Å². The number of aliphatic hydroxyl groups is 1. The van der Waals surface area contributed by atoms with Crippen LogP contribution in [0.5, 0.6) is 23.0 Å². The van der Waals surface area contributed by atoms with Crippen molar-refractivity contribution in [3.63, 3.8) is 0 Å². The largest absolute Gasteiger partial charge is 0.497 e. The number of rotatable bonds is 48. The fourth-order valence-corrected chi connectivity index (χ4v) is 17.5. The Morgan fingerprint density at radius 1 is 0.433 bits per heavy atom. The average Bonchev–Trinajstić information content (AvgIpc) is 1.65. The Morgan fingerprint density at radius 3 is 1.11 bits per heavy atom. The van der Waals surface area contributed by atoms with E-state index in [1.807, 2.05) is 187 Å². The van der Waals surface area contributed by atoms with Crippen LogP contribution in [0.3, 0.4) is 0 Å². The number of anilines is 1. The quantitative estimate of drug-likeness (QED) is 0.0165. The number of carbonyl (C=O) groups is 13. The summed E-state index contributed by atoms with van der Waals surface area (Å²) in [5.41, 5.74) is 2.25. The first-order valence-corrected chi connectivity index (χ1v) is 50.0. The molecule has 7 saturated heterocycles. The maximum atomic E-state index is 13.8. The van der Waals surface area contributed by atoms with Crippen LogP contribution in [-0.2, 0) is 139 Å². The first-order valence-electron chi connectivity index (χ1n) is 50.0. The number of nitrogens with one attached hydrogen (secondary N) is 9. The Bertz CT molecular complexity index is 6260. The molecule has 14 atom stereocenters. The topological polar surface area (TPSA) is 506 Å². The minimum atomic E-state index is -1.13. The second kappa shape index (κ2) is 51.6. The van der Waals surface area contributed by atoms with Crippen LogP contribution in [0, 0.1) is 5.92 Å². The molecule has 8 amide bonds. The molecule has 17 rings (SSSR count). The number of β-lactam (4-membered cyclic amide) rings is 1. The van der Waals surface area contributed by atoms with Gasteiger partial charge < -0.3 is 100 Å². The molecule has 150 heavy (non-hydrogen) atoms. The van der Waals surface area contributed by atoms with Gasteiger partial charge in [0.15, 0.2) is 28.9 Å². The number of carbonyl (C=O) groups excluding carboxylic acids is 13. The van der Waals surface area contributed by atoms with Crippen LogP contribution in [0.25, 0.3) is 0 Å². The fraction of sp³-hybridized carbons (Fsp3) is 0.402. The standard InChI is InChI=1S/C31H35N5O6.C28H35N3O6.C27H30N4O5.C26H29N3O6/c1-31(20-42-31)27(37)25(18-21-6-4-3-5-7-21)33-29(39)26(19-22-8-10-23(40-2)11-9-22)34-28(38)24-12-13-32-30(35-24)36-14-16-41-17-15-36;1-27(18-37-27)24(33)22(15-19-7-4-3-5-8-19)30-25(34)23(16-20-9-11-21(36-2)12-10-20)31-26(35)28(17-32)13-6-14-29-28;1-27(18-36-27)25(33)24(15-19-6-4-3-5-7-19)29-26(34)21(14-20-8-10-23(35-2)11-9-20)16-22(32)17-31-13-12-28-30-31;1-26(15-35-26)23(31)19(12-16-6-4-3-5-7-16)28-24(32)20(29-25(33)21-14-22(30)27-21)13-17-8-10-18(34-2)11-9-17/h3-13,25-26H,14-20H2,1-2H3,(H,33,39)(H,34,38);3-5,7-12,22-23,29,32H,6,13-18H2,1-2H3,(H,30,34)(H,31,35);3-13,21,24H,14-18H2,1-2H3,(H,29,34);3-11,19-21H,12-15H2,1-2H3,(H,27,30)(H,28,32)(H,29,33). The molecule has 10 N–H and O–H groups in total. The smallest absolute Gasteiger partial charge is 0.270 e. The molecule has 0 saturated carbocycles. The molecule has 9 heterocycles. The van der Waals surface area contributed by atoms with E-state index in [-0.39, 0.29) is 91.7 Å². The fourth-order valence-electron chi connectivity index (χ4n) is 17.5. The summed E-state index contributed by atoms with van der Waals surface area (Å²) >= 11 is 0. The zero-order chi connectivity index (χ0) is 107. The lowest BCUT2D eigenvalue weighted by Crippen LogP contribution is -2.61. The number of aliphatic hydroxyl groups excluding tert-OH is 1. The van der Waals surface area contributed by atoms with Crippen molar-refractivity contribution in [2.24, 2.45) is 5.92 Å². The van der Waals surface area contributed by atoms with Gasteiger partial charge in [0.05, 0.1) is 111 Å². The van der Waals surface area contributed by atoms with Gasteiger partial charge in [0, 0.05) is 57.1 Å². The third-order valence-corrected chi connectivity index (χ3v) is 27.2. The Kier molecular flexibility index (Phi) is 38.0. The van der Waals surface area contributed by atoms with Crippen molar-refractivity contribution in [3.05, 3.63) is 293 Å². The molecule has 10 aromatic rings. The number of benzene rings is 8. The van der Waals surface area contributed by atoms with Gasteiger partial charge in [0.1, 0.15) is 87.3 Å². The van der Waals surface area contributed by atoms with Crippen molar-refractivity contribution < 1.29 is 110 Å². The molecule has 0 aliphatic carbocycles. The Morgan fingerprint density at radius 2 is 0.780 bits per heavy atom. The van der Waals surface area contributed by atoms with E-state index >= 15 is 0 Å². The summed E-state index contributed by atoms with van der Waals surface area (Å²) in [6.07, 6.45) is 8.05. The van der Waals surface area contributed by atoms with Crippen molar-refractivity contribution in [1.82, 2.24) is 72.8 Å². The van der Waals surface area contributed by atoms with Gasteiger partial charge in [-0.2, -0.15) is 0 Å². The Balaban J connectivity index is 0.000000158. The minimum Gasteiger partial charge on any atom is -0.497 e. The van der Waals surface area contributed by atoms with Crippen LogP contribution in [0.4, 0.5) is 5.95 Å². The number of epoxide rings is 4. The zero-order valence-corrected chi connectivity index (χ0v) is 85.2. The molecule has 0 spiro atoms. The third kappa shape index (κ3) is 31.2. The van der Waals surface area contributed by atoms with E-state index in [9.17, 15) is 67.4 Å². The van der Waals surface area contributed by atoms with Gasteiger partial charge in [-0.25, -0.2) is 14.6 Å². The minimum absolute atomic E-state index is 0.00224. The van der Waals surface area contributed by atoms with Crippen molar-refractivity contribution in [2.45, 2.75) is 188 Å². The summed E-state index contributed by atoms with van der Waals surface area (Å²) in [7, 11) is 6.29. The van der Waals surface area contributed by atoms with Crippen LogP contribution in [0.1, 0.15) is 108 Å². The number of ether oxygens (including phenoxy) is 9. The van der Waals surface area contributed by atoms with Gasteiger partial charge in [-0.1, -0.05) is 175 Å². The monoisotopic (exact) mass is 2050 g/mol. The molecule has 7 fully saturated rings. The van der Waals surface area contributed by atoms with E-state index in [2.05, 4.69) is 68.1 Å². The van der Waals surface area contributed by atoms with E-state index in [0.717, 1.165) is 50.9 Å². The van der Waals surface area contributed by atoms with Gasteiger partial charge in [0.25, 0.3) is 5.91 Å². The predicted molar refractivity (Wildman–Crippen MR) is 549 cm³/mol. The summed E-state index contributed by atoms with van der Waals surface area (Å²) in [5.74, 6) is -1.90. The van der Waals surface area contributed by atoms with Crippen LogP contribution >= 0.6 is 0 Å². The number of methoxy groups -OCH3 is 4. The first kappa shape index (κ1) is 110. The molecular weight excluding hydrogens is 1920 g/mol. The highest BCUT2D eigenvalue weighted by Crippen LogP contribution is 2.35. The Labute approximate surface area is 869 Å². The lowest BCUT2D eigenvalue weighted by Gasteiger charge is -2.29. The number of aromatic nitrogens is 5. The lowest BCUT2D eigenvalue weighted by molar-refractivity contribution is -0.139.